The highest BCUT2D eigenvalue weighted by Gasteiger charge is 2.22. The Labute approximate surface area is 292 Å². The molecule has 1 heterocycles. The molecular weight excluding hydrogens is 605 g/mol. The van der Waals surface area contributed by atoms with Gasteiger partial charge in [0.15, 0.2) is 0 Å². The zero-order valence-corrected chi connectivity index (χ0v) is 27.5. The lowest BCUT2D eigenvalue weighted by atomic mass is 9.99. The summed E-state index contributed by atoms with van der Waals surface area (Å²) < 4.78 is 2.44. The van der Waals surface area contributed by atoms with Crippen LogP contribution in [0.3, 0.4) is 0 Å². The Morgan fingerprint density at radius 2 is 0.780 bits per heavy atom. The molecule has 1 aromatic heterocycles. The van der Waals surface area contributed by atoms with E-state index in [1.165, 1.54) is 55.2 Å². The number of hydrogen-bond acceptors (Lipinski definition) is 1. The summed E-state index contributed by atoms with van der Waals surface area (Å²) in [5.41, 5.74) is 14.0. The summed E-state index contributed by atoms with van der Waals surface area (Å²) in [6, 6.07) is 74.0. The zero-order chi connectivity index (χ0) is 33.3. The molecule has 9 aromatic rings. The van der Waals surface area contributed by atoms with E-state index >= 15 is 0 Å². The first-order valence-corrected chi connectivity index (χ1v) is 17.1. The van der Waals surface area contributed by atoms with Crippen LogP contribution in [-0.2, 0) is 0 Å². The molecule has 0 saturated heterocycles. The maximum atomic E-state index is 2.44. The van der Waals surface area contributed by atoms with Crippen molar-refractivity contribution < 1.29 is 0 Å². The van der Waals surface area contributed by atoms with Gasteiger partial charge in [-0.3, -0.25) is 0 Å². The fourth-order valence-electron chi connectivity index (χ4n) is 7.27. The SMILES string of the molecule is c1ccc(-c2ccc(N(c3ccc(-c4ccccc4)cc3)c3ccccc3-n3c4ccccc4c4c(-c5ccccc5)cccc43)cc2)cc1. The minimum Gasteiger partial charge on any atom is -0.308 e. The van der Waals surface area contributed by atoms with Gasteiger partial charge < -0.3 is 9.47 Å². The molecule has 0 aliphatic carbocycles. The molecule has 0 aliphatic rings. The van der Waals surface area contributed by atoms with Gasteiger partial charge in [0.1, 0.15) is 0 Å². The first-order valence-electron chi connectivity index (χ1n) is 17.1. The molecule has 0 aliphatic heterocycles. The molecule has 0 amide bonds. The van der Waals surface area contributed by atoms with Gasteiger partial charge in [-0.25, -0.2) is 0 Å². The monoisotopic (exact) mass is 638 g/mol. The van der Waals surface area contributed by atoms with Gasteiger partial charge in [-0.15, -0.1) is 0 Å². The smallest absolute Gasteiger partial charge is 0.0702 e. The maximum Gasteiger partial charge on any atom is 0.0702 e. The van der Waals surface area contributed by atoms with E-state index in [4.69, 9.17) is 0 Å². The minimum absolute atomic E-state index is 1.09. The lowest BCUT2D eigenvalue weighted by molar-refractivity contribution is 1.15. The first kappa shape index (κ1) is 29.5. The highest BCUT2D eigenvalue weighted by molar-refractivity contribution is 6.16. The van der Waals surface area contributed by atoms with E-state index in [9.17, 15) is 0 Å². The number of fused-ring (bicyclic) bond motifs is 3. The Kier molecular flexibility index (Phi) is 7.53. The molecule has 0 spiro atoms. The van der Waals surface area contributed by atoms with Crippen molar-refractivity contribution >= 4 is 38.9 Å². The third kappa shape index (κ3) is 5.24. The molecule has 0 saturated carbocycles. The predicted molar refractivity (Wildman–Crippen MR) is 212 cm³/mol. The molecule has 8 aromatic carbocycles. The third-order valence-corrected chi connectivity index (χ3v) is 9.61. The Hall–Kier alpha value is -6.64. The quantitative estimate of drug-likeness (QED) is 0.169. The van der Waals surface area contributed by atoms with Crippen LogP contribution in [0.2, 0.25) is 0 Å². The fourth-order valence-corrected chi connectivity index (χ4v) is 7.27. The number of hydrogen-bond donors (Lipinski definition) is 0. The summed E-state index contributed by atoms with van der Waals surface area (Å²) >= 11 is 0. The van der Waals surface area contributed by atoms with Crippen molar-refractivity contribution in [2.24, 2.45) is 0 Å². The van der Waals surface area contributed by atoms with Crippen LogP contribution >= 0.6 is 0 Å². The second-order valence-electron chi connectivity index (χ2n) is 12.6. The van der Waals surface area contributed by atoms with Crippen LogP contribution in [0.4, 0.5) is 17.1 Å². The molecule has 50 heavy (non-hydrogen) atoms. The van der Waals surface area contributed by atoms with Crippen molar-refractivity contribution in [3.05, 3.63) is 206 Å². The highest BCUT2D eigenvalue weighted by Crippen LogP contribution is 2.44. The summed E-state index contributed by atoms with van der Waals surface area (Å²) in [5, 5.41) is 2.50. The van der Waals surface area contributed by atoms with E-state index in [0.717, 1.165) is 22.7 Å². The molecule has 9 rings (SSSR count). The summed E-state index contributed by atoms with van der Waals surface area (Å²) in [7, 11) is 0. The second kappa shape index (κ2) is 12.8. The van der Waals surface area contributed by atoms with E-state index in [1.54, 1.807) is 0 Å². The van der Waals surface area contributed by atoms with Crippen molar-refractivity contribution in [1.82, 2.24) is 4.57 Å². The maximum absolute atomic E-state index is 2.44. The molecule has 0 fully saturated rings. The van der Waals surface area contributed by atoms with Crippen molar-refractivity contribution in [2.75, 3.05) is 4.90 Å². The van der Waals surface area contributed by atoms with Crippen LogP contribution in [0.25, 0.3) is 60.9 Å². The fraction of sp³-hybridized carbons (Fsp3) is 0. The van der Waals surface area contributed by atoms with Gasteiger partial charge in [0.05, 0.1) is 22.4 Å². The van der Waals surface area contributed by atoms with Crippen molar-refractivity contribution in [1.29, 1.82) is 0 Å². The van der Waals surface area contributed by atoms with Gasteiger partial charge >= 0.3 is 0 Å². The summed E-state index contributed by atoms with van der Waals surface area (Å²) in [4.78, 5) is 2.39. The van der Waals surface area contributed by atoms with Crippen LogP contribution < -0.4 is 4.90 Å². The van der Waals surface area contributed by atoms with Gasteiger partial charge in [0.2, 0.25) is 0 Å². The van der Waals surface area contributed by atoms with Crippen molar-refractivity contribution in [3.8, 4) is 39.1 Å². The number of aromatic nitrogens is 1. The molecule has 0 unspecified atom stereocenters. The van der Waals surface area contributed by atoms with Crippen LogP contribution in [0.1, 0.15) is 0 Å². The standard InChI is InChI=1S/C48H34N2/c1-4-15-35(16-5-1)37-27-31-40(32-28-37)49(41-33-29-38(30-34-41)36-17-6-2-7-18-36)45-24-12-13-25-46(45)50-44-23-11-10-21-43(44)48-42(22-14-26-47(48)50)39-19-8-3-9-20-39/h1-34H. The largest absolute Gasteiger partial charge is 0.308 e. The minimum atomic E-state index is 1.09. The molecule has 236 valence electrons. The summed E-state index contributed by atoms with van der Waals surface area (Å²) in [5.74, 6) is 0. The van der Waals surface area contributed by atoms with Crippen molar-refractivity contribution in [3.63, 3.8) is 0 Å². The zero-order valence-electron chi connectivity index (χ0n) is 27.5. The summed E-state index contributed by atoms with van der Waals surface area (Å²) in [6.45, 7) is 0. The van der Waals surface area contributed by atoms with Gasteiger partial charge in [-0.2, -0.15) is 0 Å². The second-order valence-corrected chi connectivity index (χ2v) is 12.6. The number of nitrogens with zero attached hydrogens (tertiary/aromatic N) is 2. The first-order chi connectivity index (χ1) is 24.8. The molecule has 0 bridgehead atoms. The number of rotatable bonds is 7. The van der Waals surface area contributed by atoms with Crippen LogP contribution in [0.15, 0.2) is 206 Å². The third-order valence-electron chi connectivity index (χ3n) is 9.61. The molecule has 2 nitrogen and oxygen atoms in total. The van der Waals surface area contributed by atoms with Gasteiger partial charge in [0.25, 0.3) is 0 Å². The Morgan fingerprint density at radius 3 is 1.38 bits per heavy atom. The van der Waals surface area contributed by atoms with E-state index in [2.05, 4.69) is 216 Å². The van der Waals surface area contributed by atoms with E-state index in [-0.39, 0.29) is 0 Å². The van der Waals surface area contributed by atoms with Crippen LogP contribution in [-0.4, -0.2) is 4.57 Å². The lowest BCUT2D eigenvalue weighted by Crippen LogP contribution is -2.13. The van der Waals surface area contributed by atoms with Gasteiger partial charge in [-0.05, 0) is 81.9 Å². The van der Waals surface area contributed by atoms with E-state index < -0.39 is 0 Å². The molecule has 0 radical (unpaired) electrons. The van der Waals surface area contributed by atoms with E-state index in [1.807, 2.05) is 0 Å². The van der Waals surface area contributed by atoms with Gasteiger partial charge in [-0.1, -0.05) is 158 Å². The number of benzene rings is 8. The topological polar surface area (TPSA) is 8.17 Å². The average Bonchev–Trinajstić information content (AvgIpc) is 3.54. The van der Waals surface area contributed by atoms with E-state index in [0.29, 0.717) is 0 Å². The van der Waals surface area contributed by atoms with Crippen molar-refractivity contribution in [2.45, 2.75) is 0 Å². The molecule has 2 heteroatoms. The Balaban J connectivity index is 1.26. The highest BCUT2D eigenvalue weighted by atomic mass is 15.2. The summed E-state index contributed by atoms with van der Waals surface area (Å²) in [6.07, 6.45) is 0. The molecular formula is C48H34N2. The number of para-hydroxylation sites is 3. The Bertz CT molecular complexity index is 2470. The van der Waals surface area contributed by atoms with Gasteiger partial charge in [0, 0.05) is 22.1 Å². The number of anilines is 3. The Morgan fingerprint density at radius 1 is 0.320 bits per heavy atom. The average molecular weight is 639 g/mol. The van der Waals surface area contributed by atoms with Crippen LogP contribution in [0.5, 0.6) is 0 Å². The van der Waals surface area contributed by atoms with Crippen LogP contribution in [0, 0.1) is 0 Å². The molecule has 0 atom stereocenters. The predicted octanol–water partition coefficient (Wildman–Crippen LogP) is 13.3. The normalized spacial score (nSPS) is 11.2. The lowest BCUT2D eigenvalue weighted by Gasteiger charge is -2.28. The molecule has 0 N–H and O–H groups in total.